The van der Waals surface area contributed by atoms with Crippen molar-refractivity contribution in [3.63, 3.8) is 0 Å². The van der Waals surface area contributed by atoms with Crippen molar-refractivity contribution < 1.29 is 42.5 Å². The normalized spacial score (nSPS) is 18.8. The minimum atomic E-state index is -3.09. The quantitative estimate of drug-likeness (QED) is 0.726. The molecule has 1 unspecified atom stereocenters. The molecule has 2 heterocycles. The third kappa shape index (κ3) is 4.59. The average molecular weight is 360 g/mol. The van der Waals surface area contributed by atoms with Crippen molar-refractivity contribution >= 4 is 23.7 Å². The van der Waals surface area contributed by atoms with Crippen LogP contribution in [-0.4, -0.2) is 59.9 Å². The summed E-state index contributed by atoms with van der Waals surface area (Å²) in [6.07, 6.45) is -3.43. The topological polar surface area (TPSA) is 115 Å². The standard InChI is InChI=1S/C14H14F2N2O7/c1-7(19)24-11(13(21)22)10-12(20)18(5-6-23-10)8-3-2-4-9(17-8)25-14(15)16/h2-4,10-11,14H,5-6H2,1H3,(H,21,22)/t10?,11-/m1/s1. The van der Waals surface area contributed by atoms with Gasteiger partial charge in [0.2, 0.25) is 12.0 Å². The number of esters is 1. The van der Waals surface area contributed by atoms with Gasteiger partial charge < -0.3 is 19.3 Å². The number of hydrogen-bond donors (Lipinski definition) is 1. The van der Waals surface area contributed by atoms with Crippen LogP contribution < -0.4 is 9.64 Å². The second-order valence-corrected chi connectivity index (χ2v) is 4.86. The Morgan fingerprint density at radius 1 is 1.44 bits per heavy atom. The Balaban J connectivity index is 2.24. The molecule has 1 saturated heterocycles. The van der Waals surface area contributed by atoms with Gasteiger partial charge in [-0.15, -0.1) is 0 Å². The van der Waals surface area contributed by atoms with Crippen molar-refractivity contribution in [1.82, 2.24) is 4.98 Å². The molecule has 11 heteroatoms. The van der Waals surface area contributed by atoms with E-state index in [2.05, 4.69) is 14.5 Å². The van der Waals surface area contributed by atoms with Crippen LogP contribution in [-0.2, 0) is 23.9 Å². The Labute approximate surface area is 140 Å². The molecule has 1 N–H and O–H groups in total. The van der Waals surface area contributed by atoms with E-state index in [9.17, 15) is 23.2 Å². The first-order valence-corrected chi connectivity index (χ1v) is 7.04. The number of carbonyl (C=O) groups is 3. The molecule has 1 aromatic heterocycles. The fourth-order valence-corrected chi connectivity index (χ4v) is 2.18. The number of ether oxygens (including phenoxy) is 3. The zero-order valence-corrected chi connectivity index (χ0v) is 12.9. The zero-order valence-electron chi connectivity index (χ0n) is 12.9. The number of rotatable bonds is 6. The van der Waals surface area contributed by atoms with E-state index in [4.69, 9.17) is 9.84 Å². The molecule has 2 rings (SSSR count). The molecule has 1 amide bonds. The van der Waals surface area contributed by atoms with Gasteiger partial charge in [0.05, 0.1) is 13.2 Å². The summed E-state index contributed by atoms with van der Waals surface area (Å²) >= 11 is 0. The largest absolute Gasteiger partial charge is 0.478 e. The van der Waals surface area contributed by atoms with Gasteiger partial charge in [-0.25, -0.2) is 4.79 Å². The summed E-state index contributed by atoms with van der Waals surface area (Å²) in [6, 6.07) is 3.88. The highest BCUT2D eigenvalue weighted by molar-refractivity contribution is 6.00. The molecule has 9 nitrogen and oxygen atoms in total. The Hall–Kier alpha value is -2.82. The lowest BCUT2D eigenvalue weighted by Gasteiger charge is -2.33. The number of nitrogens with zero attached hydrogens (tertiary/aromatic N) is 2. The van der Waals surface area contributed by atoms with Crippen LogP contribution in [0.15, 0.2) is 18.2 Å². The van der Waals surface area contributed by atoms with Crippen molar-refractivity contribution in [2.24, 2.45) is 0 Å². The molecule has 0 aliphatic carbocycles. The molecule has 0 radical (unpaired) electrons. The minimum Gasteiger partial charge on any atom is -0.478 e. The van der Waals surface area contributed by atoms with Crippen LogP contribution in [0.25, 0.3) is 0 Å². The lowest BCUT2D eigenvalue weighted by molar-refractivity contribution is -0.177. The van der Waals surface area contributed by atoms with E-state index in [0.717, 1.165) is 11.8 Å². The third-order valence-electron chi connectivity index (χ3n) is 3.13. The number of pyridine rings is 1. The summed E-state index contributed by atoms with van der Waals surface area (Å²) in [5.74, 6) is -3.72. The first kappa shape index (κ1) is 18.5. The highest BCUT2D eigenvalue weighted by Gasteiger charge is 2.43. The summed E-state index contributed by atoms with van der Waals surface area (Å²) in [4.78, 5) is 39.6. The van der Waals surface area contributed by atoms with Crippen LogP contribution in [0.5, 0.6) is 5.88 Å². The lowest BCUT2D eigenvalue weighted by atomic mass is 10.1. The van der Waals surface area contributed by atoms with Gasteiger partial charge in [0.15, 0.2) is 6.10 Å². The number of carboxylic acids is 1. The Morgan fingerprint density at radius 2 is 2.16 bits per heavy atom. The van der Waals surface area contributed by atoms with Crippen LogP contribution >= 0.6 is 0 Å². The number of carboxylic acid groups (broad SMARTS) is 1. The van der Waals surface area contributed by atoms with Crippen LogP contribution in [0, 0.1) is 0 Å². The first-order chi connectivity index (χ1) is 11.8. The molecule has 0 saturated carbocycles. The number of hydrogen-bond acceptors (Lipinski definition) is 7. The number of morpholine rings is 1. The number of carbonyl (C=O) groups excluding carboxylic acids is 2. The maximum Gasteiger partial charge on any atom is 0.388 e. The van der Waals surface area contributed by atoms with Crippen LogP contribution in [0.3, 0.4) is 0 Å². The predicted octanol–water partition coefficient (Wildman–Crippen LogP) is 0.431. The average Bonchev–Trinajstić information content (AvgIpc) is 2.52. The zero-order chi connectivity index (χ0) is 18.6. The van der Waals surface area contributed by atoms with Crippen molar-refractivity contribution in [2.45, 2.75) is 25.7 Å². The lowest BCUT2D eigenvalue weighted by Crippen LogP contribution is -2.55. The van der Waals surface area contributed by atoms with E-state index in [1.54, 1.807) is 0 Å². The van der Waals surface area contributed by atoms with Crippen LogP contribution in [0.2, 0.25) is 0 Å². The van der Waals surface area contributed by atoms with E-state index < -0.39 is 42.5 Å². The summed E-state index contributed by atoms with van der Waals surface area (Å²) in [7, 11) is 0. The molecule has 0 spiro atoms. The fraction of sp³-hybridized carbons (Fsp3) is 0.429. The Kier molecular flexibility index (Phi) is 5.80. The second kappa shape index (κ2) is 7.83. The second-order valence-electron chi connectivity index (χ2n) is 4.86. The Bertz CT molecular complexity index is 670. The van der Waals surface area contributed by atoms with E-state index in [-0.39, 0.29) is 19.0 Å². The van der Waals surface area contributed by atoms with Crippen molar-refractivity contribution in [1.29, 1.82) is 0 Å². The predicted molar refractivity (Wildman–Crippen MR) is 76.2 cm³/mol. The van der Waals surface area contributed by atoms with Gasteiger partial charge in [-0.1, -0.05) is 6.07 Å². The van der Waals surface area contributed by atoms with Crippen LogP contribution in [0.4, 0.5) is 14.6 Å². The molecule has 1 aliphatic rings. The molecule has 2 atom stereocenters. The first-order valence-electron chi connectivity index (χ1n) is 7.04. The van der Waals surface area contributed by atoms with Crippen LogP contribution in [0.1, 0.15) is 6.92 Å². The number of aromatic nitrogens is 1. The van der Waals surface area contributed by atoms with Gasteiger partial charge in [0.1, 0.15) is 5.82 Å². The van der Waals surface area contributed by atoms with E-state index >= 15 is 0 Å². The maximum absolute atomic E-state index is 12.5. The minimum absolute atomic E-state index is 0.00682. The van der Waals surface area contributed by atoms with Gasteiger partial charge in [0.25, 0.3) is 5.91 Å². The molecular weight excluding hydrogens is 346 g/mol. The molecule has 1 aromatic rings. The number of alkyl halides is 2. The van der Waals surface area contributed by atoms with Gasteiger partial charge in [-0.05, 0) is 6.07 Å². The number of aliphatic carboxylic acids is 1. The monoisotopic (exact) mass is 360 g/mol. The molecule has 25 heavy (non-hydrogen) atoms. The Morgan fingerprint density at radius 3 is 2.76 bits per heavy atom. The SMILES string of the molecule is CC(=O)O[C@@H](C(=O)O)C1OCCN(c2cccc(OC(F)F)n2)C1=O. The summed E-state index contributed by atoms with van der Waals surface area (Å²) < 4.78 is 38.5. The molecule has 0 aromatic carbocycles. The van der Waals surface area contributed by atoms with Gasteiger partial charge >= 0.3 is 18.6 Å². The summed E-state index contributed by atoms with van der Waals surface area (Å²) in [6.45, 7) is -2.15. The smallest absolute Gasteiger partial charge is 0.388 e. The van der Waals surface area contributed by atoms with Gasteiger partial charge in [-0.3, -0.25) is 14.5 Å². The van der Waals surface area contributed by atoms with Crippen molar-refractivity contribution in [3.05, 3.63) is 18.2 Å². The number of anilines is 1. The summed E-state index contributed by atoms with van der Waals surface area (Å²) in [5, 5.41) is 9.15. The molecule has 136 valence electrons. The number of amides is 1. The molecule has 1 fully saturated rings. The van der Waals surface area contributed by atoms with Gasteiger partial charge in [0, 0.05) is 13.0 Å². The molecule has 0 bridgehead atoms. The number of halogens is 2. The third-order valence-corrected chi connectivity index (χ3v) is 3.13. The van der Waals surface area contributed by atoms with E-state index in [1.807, 2.05) is 0 Å². The van der Waals surface area contributed by atoms with Crippen molar-refractivity contribution in [2.75, 3.05) is 18.1 Å². The highest BCUT2D eigenvalue weighted by Crippen LogP contribution is 2.22. The maximum atomic E-state index is 12.5. The van der Waals surface area contributed by atoms with E-state index in [1.165, 1.54) is 18.2 Å². The summed E-state index contributed by atoms with van der Waals surface area (Å²) in [5.41, 5.74) is 0. The van der Waals surface area contributed by atoms with Crippen molar-refractivity contribution in [3.8, 4) is 5.88 Å². The highest BCUT2D eigenvalue weighted by atomic mass is 19.3. The fourth-order valence-electron chi connectivity index (χ4n) is 2.18. The van der Waals surface area contributed by atoms with Gasteiger partial charge in [-0.2, -0.15) is 13.8 Å². The molecule has 1 aliphatic heterocycles. The molecular formula is C14H14F2N2O7. The van der Waals surface area contributed by atoms with E-state index in [0.29, 0.717) is 0 Å².